The standard InChI is InChI=1S/C3H6N2/c1-2-5-3-4/h2-4H,1H3/b4-3?,5-2-. The van der Waals surface area contributed by atoms with Crippen LogP contribution in [0.2, 0.25) is 0 Å². The lowest BCUT2D eigenvalue weighted by atomic mass is 10.9. The second-order valence-electron chi connectivity index (χ2n) is 0.536. The highest BCUT2D eigenvalue weighted by atomic mass is 14.7. The zero-order valence-corrected chi connectivity index (χ0v) is 3.10. The third-order valence-electron chi connectivity index (χ3n) is 0.224. The van der Waals surface area contributed by atoms with Crippen LogP contribution in [0.5, 0.6) is 0 Å². The van der Waals surface area contributed by atoms with E-state index in [-0.39, 0.29) is 0 Å². The molecule has 0 aromatic rings. The Labute approximate surface area is 31.0 Å². The summed E-state index contributed by atoms with van der Waals surface area (Å²) in [4.78, 5) is 3.39. The summed E-state index contributed by atoms with van der Waals surface area (Å²) in [6.45, 7) is 1.77. The molecule has 5 heavy (non-hydrogen) atoms. The molecular formula is C3H6N2. The van der Waals surface area contributed by atoms with Crippen molar-refractivity contribution in [3.05, 3.63) is 0 Å². The molecule has 0 saturated heterocycles. The molecule has 0 spiro atoms. The molecule has 0 aliphatic rings. The number of nitrogens with one attached hydrogen (secondary N) is 1. The zero-order valence-electron chi connectivity index (χ0n) is 3.10. The smallest absolute Gasteiger partial charge is 0.106 e. The van der Waals surface area contributed by atoms with Gasteiger partial charge in [0.2, 0.25) is 0 Å². The van der Waals surface area contributed by atoms with Gasteiger partial charge in [-0.05, 0) is 6.92 Å². The van der Waals surface area contributed by atoms with E-state index >= 15 is 0 Å². The summed E-state index contributed by atoms with van der Waals surface area (Å²) in [5.74, 6) is 0. The van der Waals surface area contributed by atoms with Gasteiger partial charge in [-0.15, -0.1) is 0 Å². The third-order valence-corrected chi connectivity index (χ3v) is 0.224. The summed E-state index contributed by atoms with van der Waals surface area (Å²) < 4.78 is 0. The van der Waals surface area contributed by atoms with Gasteiger partial charge < -0.3 is 0 Å². The van der Waals surface area contributed by atoms with Crippen LogP contribution in [0.3, 0.4) is 0 Å². The van der Waals surface area contributed by atoms with Gasteiger partial charge in [0.1, 0.15) is 6.34 Å². The number of hydrogen-bond donors (Lipinski definition) is 1. The van der Waals surface area contributed by atoms with Gasteiger partial charge in [-0.1, -0.05) is 0 Å². The topological polar surface area (TPSA) is 36.2 Å². The minimum Gasteiger partial charge on any atom is -0.290 e. The van der Waals surface area contributed by atoms with Crippen molar-refractivity contribution in [3.63, 3.8) is 0 Å². The van der Waals surface area contributed by atoms with Gasteiger partial charge in [0, 0.05) is 6.21 Å². The van der Waals surface area contributed by atoms with Crippen LogP contribution in [-0.4, -0.2) is 12.6 Å². The molecule has 2 heteroatoms. The van der Waals surface area contributed by atoms with Crippen molar-refractivity contribution >= 4 is 12.6 Å². The van der Waals surface area contributed by atoms with Gasteiger partial charge in [-0.2, -0.15) is 0 Å². The Morgan fingerprint density at radius 1 is 1.80 bits per heavy atom. The average molecular weight is 70.1 g/mol. The van der Waals surface area contributed by atoms with E-state index in [2.05, 4.69) is 4.99 Å². The molecule has 0 amide bonds. The number of nitrogens with zero attached hydrogens (tertiary/aromatic N) is 1. The van der Waals surface area contributed by atoms with Crippen LogP contribution in [-0.2, 0) is 0 Å². The van der Waals surface area contributed by atoms with Crippen LogP contribution in [0.1, 0.15) is 6.92 Å². The predicted molar refractivity (Wildman–Crippen MR) is 22.9 cm³/mol. The van der Waals surface area contributed by atoms with Gasteiger partial charge in [0.05, 0.1) is 0 Å². The fourth-order valence-corrected chi connectivity index (χ4v) is 0.0745. The van der Waals surface area contributed by atoms with Crippen LogP contribution in [0.4, 0.5) is 0 Å². The molecule has 0 aromatic heterocycles. The molecule has 0 radical (unpaired) electrons. The van der Waals surface area contributed by atoms with Crippen molar-refractivity contribution in [1.82, 2.24) is 0 Å². The summed E-state index contributed by atoms with van der Waals surface area (Å²) in [5.41, 5.74) is 0. The van der Waals surface area contributed by atoms with Gasteiger partial charge in [0.15, 0.2) is 0 Å². The second-order valence-corrected chi connectivity index (χ2v) is 0.536. The predicted octanol–water partition coefficient (Wildman–Crippen LogP) is 0.684. The molecule has 0 rings (SSSR count). The highest BCUT2D eigenvalue weighted by molar-refractivity contribution is 5.68. The minimum absolute atomic E-state index is 1.00. The molecule has 0 atom stereocenters. The Hall–Kier alpha value is -0.660. The summed E-state index contributed by atoms with van der Waals surface area (Å²) in [6.07, 6.45) is 2.56. The Bertz CT molecular complexity index is 46.9. The fourth-order valence-electron chi connectivity index (χ4n) is 0.0745. The Balaban J connectivity index is 2.92. The molecule has 0 fully saturated rings. The van der Waals surface area contributed by atoms with E-state index in [0.717, 1.165) is 6.34 Å². The zero-order chi connectivity index (χ0) is 4.12. The van der Waals surface area contributed by atoms with E-state index in [1.54, 1.807) is 13.1 Å². The van der Waals surface area contributed by atoms with Gasteiger partial charge in [-0.25, -0.2) is 0 Å². The van der Waals surface area contributed by atoms with E-state index in [0.29, 0.717) is 0 Å². The maximum Gasteiger partial charge on any atom is 0.106 e. The van der Waals surface area contributed by atoms with E-state index in [1.807, 2.05) is 0 Å². The first-order valence-electron chi connectivity index (χ1n) is 1.38. The van der Waals surface area contributed by atoms with Crippen molar-refractivity contribution in [1.29, 1.82) is 5.41 Å². The molecular weight excluding hydrogens is 64.0 g/mol. The summed E-state index contributed by atoms with van der Waals surface area (Å²) in [6, 6.07) is 0. The molecule has 0 aliphatic carbocycles. The molecule has 1 N–H and O–H groups in total. The molecule has 0 aromatic carbocycles. The fraction of sp³-hybridized carbons (Fsp3) is 0.333. The van der Waals surface area contributed by atoms with E-state index in [9.17, 15) is 0 Å². The molecule has 2 nitrogen and oxygen atoms in total. The highest BCUT2D eigenvalue weighted by Crippen LogP contribution is 1.45. The van der Waals surface area contributed by atoms with Crippen LogP contribution < -0.4 is 0 Å². The first-order valence-corrected chi connectivity index (χ1v) is 1.38. The lowest BCUT2D eigenvalue weighted by Crippen LogP contribution is -1.56. The van der Waals surface area contributed by atoms with Gasteiger partial charge in [0.25, 0.3) is 0 Å². The monoisotopic (exact) mass is 70.1 g/mol. The lowest BCUT2D eigenvalue weighted by Gasteiger charge is -1.57. The quantitative estimate of drug-likeness (QED) is 0.348. The number of aliphatic imine (C=N–C) groups is 1. The second kappa shape index (κ2) is 3.34. The molecule has 0 bridgehead atoms. The van der Waals surface area contributed by atoms with Crippen LogP contribution in [0, 0.1) is 5.41 Å². The Morgan fingerprint density at radius 2 is 2.40 bits per heavy atom. The molecule has 28 valence electrons. The largest absolute Gasteiger partial charge is 0.290 e. The molecule has 0 unspecified atom stereocenters. The van der Waals surface area contributed by atoms with Crippen molar-refractivity contribution in [2.24, 2.45) is 4.99 Å². The SMILES string of the molecule is C/C=N\C=N. The van der Waals surface area contributed by atoms with Crippen molar-refractivity contribution in [2.45, 2.75) is 6.92 Å². The number of rotatable bonds is 1. The minimum atomic E-state index is 1.00. The summed E-state index contributed by atoms with van der Waals surface area (Å²) in [5, 5.41) is 6.28. The molecule has 0 saturated carbocycles. The van der Waals surface area contributed by atoms with Gasteiger partial charge in [-0.3, -0.25) is 10.4 Å². The van der Waals surface area contributed by atoms with E-state index < -0.39 is 0 Å². The van der Waals surface area contributed by atoms with Crippen molar-refractivity contribution < 1.29 is 0 Å². The highest BCUT2D eigenvalue weighted by Gasteiger charge is 1.42. The summed E-state index contributed by atoms with van der Waals surface area (Å²) >= 11 is 0. The van der Waals surface area contributed by atoms with Gasteiger partial charge >= 0.3 is 0 Å². The van der Waals surface area contributed by atoms with Crippen LogP contribution >= 0.6 is 0 Å². The maximum atomic E-state index is 6.28. The Morgan fingerprint density at radius 3 is 2.40 bits per heavy atom. The summed E-state index contributed by atoms with van der Waals surface area (Å²) in [7, 11) is 0. The number of hydrogen-bond acceptors (Lipinski definition) is 1. The van der Waals surface area contributed by atoms with Crippen molar-refractivity contribution in [2.75, 3.05) is 0 Å². The molecule has 0 heterocycles. The normalized spacial score (nSPS) is 9.00. The third kappa shape index (κ3) is 3.34. The molecule has 0 aliphatic heterocycles. The first-order chi connectivity index (χ1) is 2.41. The first kappa shape index (κ1) is 4.34. The van der Waals surface area contributed by atoms with E-state index in [4.69, 9.17) is 5.41 Å². The maximum absolute atomic E-state index is 6.28. The average Bonchev–Trinajstić information content (AvgIpc) is 1.41. The van der Waals surface area contributed by atoms with Crippen LogP contribution in [0.15, 0.2) is 4.99 Å². The van der Waals surface area contributed by atoms with E-state index in [1.165, 1.54) is 0 Å². The lowest BCUT2D eigenvalue weighted by molar-refractivity contribution is 1.52. The van der Waals surface area contributed by atoms with Crippen LogP contribution in [0.25, 0.3) is 0 Å². The Kier molecular flexibility index (Phi) is 2.90. The van der Waals surface area contributed by atoms with Crippen molar-refractivity contribution in [3.8, 4) is 0 Å².